The van der Waals surface area contributed by atoms with E-state index in [0.29, 0.717) is 25.7 Å². The molecule has 4 unspecified atom stereocenters. The molecule has 0 rings (SSSR count). The Kier molecular flexibility index (Phi) is 59.6. The molecular weight excluding hydrogens is 1170 g/mol. The van der Waals surface area contributed by atoms with Gasteiger partial charge in [-0.3, -0.25) is 37.3 Å². The molecule has 0 saturated carbocycles. The van der Waals surface area contributed by atoms with Crippen LogP contribution in [0.2, 0.25) is 0 Å². The number of esters is 4. The average Bonchev–Trinajstić information content (AvgIpc) is 3.72. The largest absolute Gasteiger partial charge is 0.472 e. The highest BCUT2D eigenvalue weighted by atomic mass is 31.2. The summed E-state index contributed by atoms with van der Waals surface area (Å²) >= 11 is 0. The van der Waals surface area contributed by atoms with Gasteiger partial charge in [0.25, 0.3) is 0 Å². The van der Waals surface area contributed by atoms with E-state index in [4.69, 9.17) is 37.0 Å². The van der Waals surface area contributed by atoms with E-state index in [9.17, 15) is 43.2 Å². The van der Waals surface area contributed by atoms with Crippen molar-refractivity contribution in [2.45, 2.75) is 369 Å². The fourth-order valence-electron chi connectivity index (χ4n) is 10.5. The lowest BCUT2D eigenvalue weighted by Crippen LogP contribution is -2.30. The van der Waals surface area contributed by atoms with Crippen molar-refractivity contribution >= 4 is 39.5 Å². The molecule has 0 saturated heterocycles. The van der Waals surface area contributed by atoms with E-state index in [1.54, 1.807) is 0 Å². The summed E-state index contributed by atoms with van der Waals surface area (Å²) in [5.41, 5.74) is 0. The maximum atomic E-state index is 13.0. The lowest BCUT2D eigenvalue weighted by atomic mass is 9.99. The van der Waals surface area contributed by atoms with Crippen molar-refractivity contribution < 1.29 is 80.2 Å². The van der Waals surface area contributed by atoms with Crippen LogP contribution < -0.4 is 0 Å². The number of hydrogen-bond donors (Lipinski definition) is 3. The van der Waals surface area contributed by atoms with Crippen molar-refractivity contribution in [1.82, 2.24) is 0 Å². The standard InChI is InChI=1S/C70H136O17P2/c1-8-11-12-13-14-15-19-23-30-39-46-53-69(74)87-66(58-81-68(73)52-45-38-33-32-36-43-50-63(7)10-3)60-85-89(78,79)83-56-64(71)55-82-88(76,77)84-59-65(57-80-67(72)51-44-37-29-26-25-28-35-42-49-62(6)9-2)86-70(75)54-47-40-31-24-21-18-16-17-20-22-27-34-41-48-61(4)5/h61-66,71H,8-60H2,1-7H3,(H,76,77)(H,78,79)/t62?,63?,64-,65-,66-/m1/s1. The fraction of sp³-hybridized carbons (Fsp3) is 0.943. The van der Waals surface area contributed by atoms with Crippen LogP contribution in [0.25, 0.3) is 0 Å². The van der Waals surface area contributed by atoms with Gasteiger partial charge in [0.1, 0.15) is 19.3 Å². The van der Waals surface area contributed by atoms with Gasteiger partial charge in [-0.1, -0.05) is 299 Å². The van der Waals surface area contributed by atoms with Crippen molar-refractivity contribution in [3.63, 3.8) is 0 Å². The van der Waals surface area contributed by atoms with Gasteiger partial charge in [0.15, 0.2) is 12.2 Å². The molecule has 89 heavy (non-hydrogen) atoms. The lowest BCUT2D eigenvalue weighted by molar-refractivity contribution is -0.161. The summed E-state index contributed by atoms with van der Waals surface area (Å²) in [6.07, 6.45) is 44.3. The summed E-state index contributed by atoms with van der Waals surface area (Å²) < 4.78 is 68.3. The van der Waals surface area contributed by atoms with Crippen LogP contribution in [-0.4, -0.2) is 96.7 Å². The minimum atomic E-state index is -4.95. The van der Waals surface area contributed by atoms with Gasteiger partial charge < -0.3 is 33.8 Å². The Hall–Kier alpha value is -1.94. The third-order valence-corrected chi connectivity index (χ3v) is 18.8. The summed E-state index contributed by atoms with van der Waals surface area (Å²) in [7, 11) is -9.90. The molecular formula is C70H136O17P2. The Morgan fingerprint density at radius 3 is 0.854 bits per heavy atom. The van der Waals surface area contributed by atoms with Gasteiger partial charge in [0.05, 0.1) is 26.4 Å². The Morgan fingerprint density at radius 2 is 0.573 bits per heavy atom. The monoisotopic (exact) mass is 1310 g/mol. The fourth-order valence-corrected chi connectivity index (χ4v) is 12.1. The zero-order valence-electron chi connectivity index (χ0n) is 57.9. The molecule has 17 nitrogen and oxygen atoms in total. The van der Waals surface area contributed by atoms with E-state index in [1.165, 1.54) is 154 Å². The molecule has 19 heteroatoms. The number of aliphatic hydroxyl groups excluding tert-OH is 1. The van der Waals surface area contributed by atoms with E-state index >= 15 is 0 Å². The van der Waals surface area contributed by atoms with Crippen LogP contribution in [0.15, 0.2) is 0 Å². The first-order chi connectivity index (χ1) is 42.8. The Bertz CT molecular complexity index is 1750. The summed E-state index contributed by atoms with van der Waals surface area (Å²) in [6.45, 7) is 11.8. The first kappa shape index (κ1) is 87.1. The van der Waals surface area contributed by atoms with Gasteiger partial charge in [-0.05, 0) is 43.4 Å². The molecule has 0 aliphatic rings. The molecule has 0 aliphatic carbocycles. The Labute approximate surface area is 543 Å². The number of unbranched alkanes of at least 4 members (excludes halogenated alkanes) is 34. The predicted molar refractivity (Wildman–Crippen MR) is 358 cm³/mol. The zero-order chi connectivity index (χ0) is 65.9. The van der Waals surface area contributed by atoms with Crippen molar-refractivity contribution in [2.75, 3.05) is 39.6 Å². The van der Waals surface area contributed by atoms with E-state index in [2.05, 4.69) is 48.5 Å². The SMILES string of the molecule is CCCCCCCCCCCCCC(=O)O[C@H](COC(=O)CCCCCCCCC(C)CC)COP(=O)(O)OC[C@H](O)COP(=O)(O)OC[C@@H](COC(=O)CCCCCCCCCCC(C)CC)OC(=O)CCCCCCCCCCCCCCCC(C)C. The third kappa shape index (κ3) is 62.0. The highest BCUT2D eigenvalue weighted by Gasteiger charge is 2.30. The van der Waals surface area contributed by atoms with Gasteiger partial charge in [-0.15, -0.1) is 0 Å². The van der Waals surface area contributed by atoms with Crippen LogP contribution in [-0.2, 0) is 65.4 Å². The first-order valence-electron chi connectivity index (χ1n) is 36.4. The summed E-state index contributed by atoms with van der Waals surface area (Å²) in [5.74, 6) is 0.168. The Balaban J connectivity index is 5.25. The second-order valence-corrected chi connectivity index (χ2v) is 29.1. The van der Waals surface area contributed by atoms with E-state index in [-0.39, 0.29) is 25.7 Å². The molecule has 0 aromatic carbocycles. The average molecular weight is 1310 g/mol. The Morgan fingerprint density at radius 1 is 0.326 bits per heavy atom. The summed E-state index contributed by atoms with van der Waals surface area (Å²) in [5, 5.41) is 10.6. The van der Waals surface area contributed by atoms with E-state index < -0.39 is 97.5 Å². The van der Waals surface area contributed by atoms with Gasteiger partial charge in [-0.2, -0.15) is 0 Å². The number of carbonyl (C=O) groups excluding carboxylic acids is 4. The number of aliphatic hydroxyl groups is 1. The van der Waals surface area contributed by atoms with Gasteiger partial charge >= 0.3 is 39.5 Å². The highest BCUT2D eigenvalue weighted by Crippen LogP contribution is 2.45. The number of phosphoric ester groups is 2. The van der Waals surface area contributed by atoms with E-state index in [1.807, 2.05) is 0 Å². The minimum Gasteiger partial charge on any atom is -0.462 e. The molecule has 528 valence electrons. The molecule has 7 atom stereocenters. The third-order valence-electron chi connectivity index (χ3n) is 16.9. The normalized spacial score (nSPS) is 14.8. The molecule has 0 amide bonds. The molecule has 0 aliphatic heterocycles. The van der Waals surface area contributed by atoms with Crippen molar-refractivity contribution in [3.05, 3.63) is 0 Å². The van der Waals surface area contributed by atoms with Gasteiger partial charge in [-0.25, -0.2) is 9.13 Å². The molecule has 0 bridgehead atoms. The second-order valence-electron chi connectivity index (χ2n) is 26.2. The van der Waals surface area contributed by atoms with Crippen molar-refractivity contribution in [1.29, 1.82) is 0 Å². The molecule has 0 heterocycles. The number of hydrogen-bond acceptors (Lipinski definition) is 15. The molecule has 0 fully saturated rings. The smallest absolute Gasteiger partial charge is 0.462 e. The van der Waals surface area contributed by atoms with E-state index in [0.717, 1.165) is 114 Å². The maximum absolute atomic E-state index is 13.0. The van der Waals surface area contributed by atoms with Crippen molar-refractivity contribution in [2.24, 2.45) is 17.8 Å². The number of phosphoric acid groups is 2. The highest BCUT2D eigenvalue weighted by molar-refractivity contribution is 7.47. The second kappa shape index (κ2) is 61.0. The van der Waals surface area contributed by atoms with Crippen LogP contribution in [0, 0.1) is 17.8 Å². The molecule has 0 radical (unpaired) electrons. The number of rotatable bonds is 68. The molecule has 0 aromatic rings. The topological polar surface area (TPSA) is 237 Å². The number of carbonyl (C=O) groups is 4. The number of ether oxygens (including phenoxy) is 4. The maximum Gasteiger partial charge on any atom is 0.472 e. The summed E-state index contributed by atoms with van der Waals surface area (Å²) in [4.78, 5) is 72.5. The lowest BCUT2D eigenvalue weighted by Gasteiger charge is -2.21. The van der Waals surface area contributed by atoms with Crippen LogP contribution in [0.4, 0.5) is 0 Å². The predicted octanol–water partition coefficient (Wildman–Crippen LogP) is 19.8. The van der Waals surface area contributed by atoms with Crippen LogP contribution in [0.5, 0.6) is 0 Å². The van der Waals surface area contributed by atoms with Crippen molar-refractivity contribution in [3.8, 4) is 0 Å². The molecule has 0 spiro atoms. The first-order valence-corrected chi connectivity index (χ1v) is 39.4. The van der Waals surface area contributed by atoms with Crippen LogP contribution in [0.1, 0.15) is 350 Å². The summed E-state index contributed by atoms with van der Waals surface area (Å²) in [6, 6.07) is 0. The quantitative estimate of drug-likeness (QED) is 0.0222. The minimum absolute atomic E-state index is 0.106. The molecule has 3 N–H and O–H groups in total. The van der Waals surface area contributed by atoms with Crippen LogP contribution >= 0.6 is 15.6 Å². The van der Waals surface area contributed by atoms with Gasteiger partial charge in [0, 0.05) is 25.7 Å². The van der Waals surface area contributed by atoms with Gasteiger partial charge in [0.2, 0.25) is 0 Å². The van der Waals surface area contributed by atoms with Crippen LogP contribution in [0.3, 0.4) is 0 Å². The molecule has 0 aromatic heterocycles. The zero-order valence-corrected chi connectivity index (χ0v) is 59.7.